The summed E-state index contributed by atoms with van der Waals surface area (Å²) >= 11 is 3.43. The van der Waals surface area contributed by atoms with Crippen LogP contribution in [0.15, 0.2) is 53.0 Å². The smallest absolute Gasteiger partial charge is 0.150 e. The molecular weight excluding hydrogens is 324 g/mol. The van der Waals surface area contributed by atoms with E-state index >= 15 is 0 Å². The second kappa shape index (κ2) is 10.3. The highest BCUT2D eigenvalue weighted by molar-refractivity contribution is 9.10. The third-order valence-corrected chi connectivity index (χ3v) is 3.55. The Hall–Kier alpha value is -1.41. The van der Waals surface area contributed by atoms with Gasteiger partial charge in [-0.2, -0.15) is 0 Å². The van der Waals surface area contributed by atoms with Crippen LogP contribution in [-0.2, 0) is 12.8 Å². The molecule has 0 unspecified atom stereocenters. The number of carbonyl (C=O) groups excluding carboxylic acids is 1. The zero-order valence-corrected chi connectivity index (χ0v) is 14.4. The van der Waals surface area contributed by atoms with Crippen molar-refractivity contribution in [2.24, 2.45) is 0 Å². The van der Waals surface area contributed by atoms with E-state index < -0.39 is 0 Å². The van der Waals surface area contributed by atoms with Gasteiger partial charge in [-0.25, -0.2) is 0 Å². The van der Waals surface area contributed by atoms with Gasteiger partial charge in [0.2, 0.25) is 0 Å². The van der Waals surface area contributed by atoms with Crippen LogP contribution in [-0.4, -0.2) is 6.29 Å². The Morgan fingerprint density at radius 2 is 1.48 bits per heavy atom. The number of aryl methyl sites for hydroxylation is 2. The van der Waals surface area contributed by atoms with Crippen molar-refractivity contribution in [3.63, 3.8) is 0 Å². The van der Waals surface area contributed by atoms with Crippen molar-refractivity contribution in [1.82, 2.24) is 0 Å². The summed E-state index contributed by atoms with van der Waals surface area (Å²) in [5.41, 5.74) is 3.44. The quantitative estimate of drug-likeness (QED) is 0.620. The summed E-state index contributed by atoms with van der Waals surface area (Å²) in [7, 11) is 0. The molecule has 2 rings (SSSR count). The van der Waals surface area contributed by atoms with Gasteiger partial charge in [0, 0.05) is 10.0 Å². The number of rotatable bonds is 5. The van der Waals surface area contributed by atoms with Crippen LogP contribution in [0.5, 0.6) is 0 Å². The molecule has 21 heavy (non-hydrogen) atoms. The van der Waals surface area contributed by atoms with Crippen molar-refractivity contribution in [2.45, 2.75) is 39.5 Å². The van der Waals surface area contributed by atoms with E-state index in [-0.39, 0.29) is 0 Å². The number of hydrogen-bond donors (Lipinski definition) is 0. The first-order valence-electron chi connectivity index (χ1n) is 7.48. The van der Waals surface area contributed by atoms with E-state index in [0.717, 1.165) is 24.7 Å². The molecule has 0 saturated carbocycles. The molecule has 112 valence electrons. The summed E-state index contributed by atoms with van der Waals surface area (Å²) in [4.78, 5) is 10.4. The lowest BCUT2D eigenvalue weighted by Crippen LogP contribution is -1.85. The van der Waals surface area contributed by atoms with E-state index in [9.17, 15) is 4.79 Å². The summed E-state index contributed by atoms with van der Waals surface area (Å²) in [5.74, 6) is 0. The standard InChI is InChI=1S/C10H12O.C9H11Br/c1-2-4-9-5-3-6-10(7-9)8-11;1-2-4-8-5-3-6-9(10)7-8/h3,5-8H,2,4H2,1H3;3,5-7H,2,4H2,1H3. The van der Waals surface area contributed by atoms with Crippen molar-refractivity contribution >= 4 is 22.2 Å². The van der Waals surface area contributed by atoms with Gasteiger partial charge in [0.1, 0.15) is 6.29 Å². The van der Waals surface area contributed by atoms with Gasteiger partial charge in [0.25, 0.3) is 0 Å². The molecule has 2 aromatic carbocycles. The Balaban J connectivity index is 0.000000211. The minimum absolute atomic E-state index is 0.774. The number of hydrogen-bond acceptors (Lipinski definition) is 1. The van der Waals surface area contributed by atoms with E-state index in [1.807, 2.05) is 18.2 Å². The Labute approximate surface area is 136 Å². The topological polar surface area (TPSA) is 17.1 Å². The van der Waals surface area contributed by atoms with E-state index in [4.69, 9.17) is 0 Å². The molecule has 0 aromatic heterocycles. The van der Waals surface area contributed by atoms with Gasteiger partial charge in [0.15, 0.2) is 0 Å². The lowest BCUT2D eigenvalue weighted by atomic mass is 10.1. The minimum Gasteiger partial charge on any atom is -0.298 e. The highest BCUT2D eigenvalue weighted by atomic mass is 79.9. The van der Waals surface area contributed by atoms with Gasteiger partial charge in [0.05, 0.1) is 0 Å². The zero-order chi connectivity index (χ0) is 15.5. The van der Waals surface area contributed by atoms with E-state index in [2.05, 4.69) is 60.1 Å². The molecule has 0 radical (unpaired) electrons. The van der Waals surface area contributed by atoms with E-state index in [1.165, 1.54) is 28.4 Å². The van der Waals surface area contributed by atoms with E-state index in [1.54, 1.807) is 0 Å². The second-order valence-electron chi connectivity index (χ2n) is 4.99. The normalized spacial score (nSPS) is 9.67. The first-order chi connectivity index (χ1) is 10.2. The van der Waals surface area contributed by atoms with Crippen LogP contribution >= 0.6 is 15.9 Å². The molecule has 0 N–H and O–H groups in total. The predicted octanol–water partition coefficient (Wildman–Crippen LogP) is 5.85. The van der Waals surface area contributed by atoms with Crippen LogP contribution in [0.1, 0.15) is 48.2 Å². The molecule has 1 nitrogen and oxygen atoms in total. The molecule has 0 atom stereocenters. The monoisotopic (exact) mass is 346 g/mol. The lowest BCUT2D eigenvalue weighted by Gasteiger charge is -1.97. The highest BCUT2D eigenvalue weighted by Crippen LogP contribution is 2.12. The minimum atomic E-state index is 0.774. The predicted molar refractivity (Wildman–Crippen MR) is 94.0 cm³/mol. The van der Waals surface area contributed by atoms with Crippen LogP contribution in [0.25, 0.3) is 0 Å². The molecule has 0 spiro atoms. The van der Waals surface area contributed by atoms with Crippen molar-refractivity contribution < 1.29 is 4.79 Å². The molecule has 0 saturated heterocycles. The Bertz CT molecular complexity index is 549. The Kier molecular flexibility index (Phi) is 8.68. The number of carbonyl (C=O) groups is 1. The van der Waals surface area contributed by atoms with Crippen molar-refractivity contribution in [3.05, 3.63) is 69.7 Å². The fourth-order valence-corrected chi connectivity index (χ4v) is 2.54. The summed E-state index contributed by atoms with van der Waals surface area (Å²) in [6, 6.07) is 16.2. The summed E-state index contributed by atoms with van der Waals surface area (Å²) in [5, 5.41) is 0. The average Bonchev–Trinajstić information content (AvgIpc) is 2.49. The maximum atomic E-state index is 10.4. The maximum absolute atomic E-state index is 10.4. The molecule has 2 heteroatoms. The first kappa shape index (κ1) is 17.6. The summed E-state index contributed by atoms with van der Waals surface area (Å²) in [6.45, 7) is 4.33. The van der Waals surface area contributed by atoms with Crippen molar-refractivity contribution in [3.8, 4) is 0 Å². The Morgan fingerprint density at radius 1 is 0.905 bits per heavy atom. The molecule has 0 aliphatic carbocycles. The number of benzene rings is 2. The van der Waals surface area contributed by atoms with Crippen LogP contribution in [0.2, 0.25) is 0 Å². The van der Waals surface area contributed by atoms with Crippen molar-refractivity contribution in [1.29, 1.82) is 0 Å². The number of aldehydes is 1. The summed E-state index contributed by atoms with van der Waals surface area (Å²) in [6.07, 6.45) is 5.47. The molecule has 0 heterocycles. The highest BCUT2D eigenvalue weighted by Gasteiger charge is 1.92. The third kappa shape index (κ3) is 7.24. The number of halogens is 1. The van der Waals surface area contributed by atoms with Gasteiger partial charge in [-0.3, -0.25) is 4.79 Å². The SMILES string of the molecule is CCCc1cccc(Br)c1.CCCc1cccc(C=O)c1. The molecule has 0 aliphatic heterocycles. The third-order valence-electron chi connectivity index (χ3n) is 3.05. The second-order valence-corrected chi connectivity index (χ2v) is 5.91. The molecule has 0 bridgehead atoms. The van der Waals surface area contributed by atoms with Crippen LogP contribution in [0, 0.1) is 0 Å². The first-order valence-corrected chi connectivity index (χ1v) is 8.27. The fourth-order valence-electron chi connectivity index (χ4n) is 2.09. The molecule has 0 fully saturated rings. The zero-order valence-electron chi connectivity index (χ0n) is 12.8. The lowest BCUT2D eigenvalue weighted by molar-refractivity contribution is 0.112. The Morgan fingerprint density at radius 3 is 2.00 bits per heavy atom. The van der Waals surface area contributed by atoms with Crippen LogP contribution in [0.3, 0.4) is 0 Å². The molecular formula is C19H23BrO. The van der Waals surface area contributed by atoms with Gasteiger partial charge >= 0.3 is 0 Å². The summed E-state index contributed by atoms with van der Waals surface area (Å²) < 4.78 is 1.18. The van der Waals surface area contributed by atoms with Gasteiger partial charge in [-0.1, -0.05) is 73.0 Å². The fraction of sp³-hybridized carbons (Fsp3) is 0.316. The van der Waals surface area contributed by atoms with Gasteiger partial charge in [-0.15, -0.1) is 0 Å². The van der Waals surface area contributed by atoms with Gasteiger partial charge in [-0.05, 0) is 42.2 Å². The van der Waals surface area contributed by atoms with Crippen LogP contribution < -0.4 is 0 Å². The average molecular weight is 347 g/mol. The molecule has 0 amide bonds. The molecule has 2 aromatic rings. The largest absolute Gasteiger partial charge is 0.298 e. The van der Waals surface area contributed by atoms with Crippen molar-refractivity contribution in [2.75, 3.05) is 0 Å². The molecule has 0 aliphatic rings. The van der Waals surface area contributed by atoms with Crippen LogP contribution in [0.4, 0.5) is 0 Å². The maximum Gasteiger partial charge on any atom is 0.150 e. The van der Waals surface area contributed by atoms with Gasteiger partial charge < -0.3 is 0 Å². The van der Waals surface area contributed by atoms with E-state index in [0.29, 0.717) is 0 Å².